The van der Waals surface area contributed by atoms with Crippen LogP contribution in [0.4, 0.5) is 0 Å². The lowest BCUT2D eigenvalue weighted by Gasteiger charge is -2.31. The lowest BCUT2D eigenvalue weighted by molar-refractivity contribution is -0.118. The molecule has 0 aliphatic heterocycles. The molecule has 3 heteroatoms. The molecular formula is C30H24O3. The topological polar surface area (TPSA) is 54.4 Å². The quantitative estimate of drug-likeness (QED) is 0.387. The molecule has 0 saturated heterocycles. The Hall–Kier alpha value is -3.98. The minimum absolute atomic E-state index is 0.112. The maximum Gasteiger partial charge on any atom is 0.335 e. The summed E-state index contributed by atoms with van der Waals surface area (Å²) in [4.78, 5) is 24.3. The molecule has 0 atom stereocenters. The summed E-state index contributed by atoms with van der Waals surface area (Å²) in [5.74, 6) is -0.819. The van der Waals surface area contributed by atoms with Crippen molar-refractivity contribution in [3.8, 4) is 11.1 Å². The van der Waals surface area contributed by atoms with Gasteiger partial charge in [0.05, 0.1) is 11.0 Å². The Balaban J connectivity index is 1.69. The minimum Gasteiger partial charge on any atom is -0.478 e. The van der Waals surface area contributed by atoms with Crippen molar-refractivity contribution in [3.05, 3.63) is 113 Å². The zero-order valence-electron chi connectivity index (χ0n) is 18.8. The number of hydrogen-bond donors (Lipinski definition) is 1. The van der Waals surface area contributed by atoms with Gasteiger partial charge in [-0.3, -0.25) is 4.79 Å². The normalized spacial score (nSPS) is 14.6. The molecule has 0 amide bonds. The van der Waals surface area contributed by atoms with Crippen LogP contribution in [0.5, 0.6) is 0 Å². The van der Waals surface area contributed by atoms with E-state index >= 15 is 0 Å². The number of benzene rings is 4. The first kappa shape index (κ1) is 20.9. The largest absolute Gasteiger partial charge is 0.478 e. The van der Waals surface area contributed by atoms with Crippen LogP contribution in [0, 0.1) is 6.92 Å². The number of aryl methyl sites for hydroxylation is 1. The zero-order valence-corrected chi connectivity index (χ0v) is 18.8. The summed E-state index contributed by atoms with van der Waals surface area (Å²) in [6, 6.07) is 25.7. The van der Waals surface area contributed by atoms with Crippen molar-refractivity contribution in [2.45, 2.75) is 26.2 Å². The highest BCUT2D eigenvalue weighted by Gasteiger charge is 2.35. The van der Waals surface area contributed by atoms with Gasteiger partial charge in [0, 0.05) is 0 Å². The van der Waals surface area contributed by atoms with E-state index in [2.05, 4.69) is 49.4 Å². The first-order valence-electron chi connectivity index (χ1n) is 11.0. The summed E-state index contributed by atoms with van der Waals surface area (Å²) in [6.45, 7) is 6.03. The number of aromatic carboxylic acids is 1. The van der Waals surface area contributed by atoms with Crippen LogP contribution in [0.15, 0.2) is 84.9 Å². The molecule has 33 heavy (non-hydrogen) atoms. The second-order valence-electron chi connectivity index (χ2n) is 9.26. The number of fused-ring (bicyclic) bond motifs is 2. The second kappa shape index (κ2) is 7.56. The van der Waals surface area contributed by atoms with E-state index in [0.29, 0.717) is 0 Å². The van der Waals surface area contributed by atoms with Gasteiger partial charge >= 0.3 is 5.97 Å². The van der Waals surface area contributed by atoms with E-state index in [-0.39, 0.29) is 11.3 Å². The van der Waals surface area contributed by atoms with Crippen LogP contribution in [0.2, 0.25) is 0 Å². The van der Waals surface area contributed by atoms with Crippen molar-refractivity contribution in [1.29, 1.82) is 0 Å². The van der Waals surface area contributed by atoms with E-state index in [1.165, 1.54) is 0 Å². The monoisotopic (exact) mass is 432 g/mol. The molecule has 0 aromatic heterocycles. The van der Waals surface area contributed by atoms with Crippen LogP contribution in [-0.2, 0) is 10.2 Å². The number of carboxylic acids is 1. The third-order valence-corrected chi connectivity index (χ3v) is 6.63. The summed E-state index contributed by atoms with van der Waals surface area (Å²) in [5, 5.41) is 11.3. The maximum absolute atomic E-state index is 13.1. The fourth-order valence-corrected chi connectivity index (χ4v) is 4.60. The third-order valence-electron chi connectivity index (χ3n) is 6.63. The molecule has 1 aliphatic rings. The molecule has 1 N–H and O–H groups in total. The molecule has 1 aliphatic carbocycles. The van der Waals surface area contributed by atoms with Crippen molar-refractivity contribution < 1.29 is 14.7 Å². The first-order chi connectivity index (χ1) is 15.7. The average molecular weight is 433 g/mol. The lowest BCUT2D eigenvalue weighted by Crippen LogP contribution is -2.32. The van der Waals surface area contributed by atoms with Crippen LogP contribution in [0.1, 0.15) is 46.5 Å². The Morgan fingerprint density at radius 2 is 1.52 bits per heavy atom. The molecule has 4 aromatic carbocycles. The molecule has 5 rings (SSSR count). The Morgan fingerprint density at radius 1 is 0.788 bits per heavy atom. The first-order valence-corrected chi connectivity index (χ1v) is 11.0. The Kier molecular flexibility index (Phi) is 4.79. The second-order valence-corrected chi connectivity index (χ2v) is 9.26. The molecule has 0 radical (unpaired) electrons. The smallest absolute Gasteiger partial charge is 0.335 e. The standard InChI is InChI=1S/C30H24O3/c1-18-5-4-6-23(13-18)25-17-28(31)30(2,3)27-16-22-12-11-21(14-24(22)15-26(25)27)19-7-9-20(10-8-19)29(32)33/h4-17H,1-3H3,(H,32,33). The fourth-order valence-electron chi connectivity index (χ4n) is 4.60. The van der Waals surface area contributed by atoms with E-state index in [9.17, 15) is 9.59 Å². The van der Waals surface area contributed by atoms with Crippen molar-refractivity contribution in [2.24, 2.45) is 0 Å². The SMILES string of the molecule is Cc1cccc(C2=CC(=O)C(C)(C)c3cc4ccc(-c5ccc(C(=O)O)cc5)cc4cc32)c1. The van der Waals surface area contributed by atoms with E-state index in [1.807, 2.05) is 38.1 Å². The predicted octanol–water partition coefficient (Wildman–Crippen LogP) is 6.81. The van der Waals surface area contributed by atoms with Gasteiger partial charge in [0.15, 0.2) is 5.78 Å². The van der Waals surface area contributed by atoms with Crippen molar-refractivity contribution in [1.82, 2.24) is 0 Å². The summed E-state index contributed by atoms with van der Waals surface area (Å²) < 4.78 is 0. The third kappa shape index (κ3) is 3.56. The minimum atomic E-state index is -0.931. The van der Waals surface area contributed by atoms with Crippen LogP contribution in [0.3, 0.4) is 0 Å². The molecule has 0 saturated carbocycles. The molecular weight excluding hydrogens is 408 g/mol. The van der Waals surface area contributed by atoms with Crippen molar-refractivity contribution in [2.75, 3.05) is 0 Å². The van der Waals surface area contributed by atoms with Crippen LogP contribution >= 0.6 is 0 Å². The summed E-state index contributed by atoms with van der Waals surface area (Å²) in [7, 11) is 0. The van der Waals surface area contributed by atoms with Gasteiger partial charge in [-0.1, -0.05) is 54.1 Å². The summed E-state index contributed by atoms with van der Waals surface area (Å²) in [6.07, 6.45) is 1.79. The number of allylic oxidation sites excluding steroid dienone is 1. The van der Waals surface area contributed by atoms with Gasteiger partial charge in [0.25, 0.3) is 0 Å². The van der Waals surface area contributed by atoms with Gasteiger partial charge < -0.3 is 5.11 Å². The molecule has 0 spiro atoms. The van der Waals surface area contributed by atoms with Gasteiger partial charge in [0.2, 0.25) is 0 Å². The molecule has 3 nitrogen and oxygen atoms in total. The highest BCUT2D eigenvalue weighted by atomic mass is 16.4. The van der Waals surface area contributed by atoms with Gasteiger partial charge in [0.1, 0.15) is 0 Å². The Bertz CT molecular complexity index is 1470. The highest BCUT2D eigenvalue weighted by Crippen LogP contribution is 2.42. The Morgan fingerprint density at radius 3 is 2.21 bits per heavy atom. The van der Waals surface area contributed by atoms with E-state index in [4.69, 9.17) is 5.11 Å². The fraction of sp³-hybridized carbons (Fsp3) is 0.133. The summed E-state index contributed by atoms with van der Waals surface area (Å²) >= 11 is 0. The van der Waals surface area contributed by atoms with Crippen LogP contribution in [0.25, 0.3) is 27.5 Å². The van der Waals surface area contributed by atoms with Crippen LogP contribution in [-0.4, -0.2) is 16.9 Å². The van der Waals surface area contributed by atoms with Crippen molar-refractivity contribution >= 4 is 28.1 Å². The zero-order chi connectivity index (χ0) is 23.3. The molecule has 4 aromatic rings. The van der Waals surface area contributed by atoms with Crippen molar-refractivity contribution in [3.63, 3.8) is 0 Å². The number of rotatable bonds is 3. The van der Waals surface area contributed by atoms with Gasteiger partial charge in [-0.15, -0.1) is 0 Å². The highest BCUT2D eigenvalue weighted by molar-refractivity contribution is 6.11. The molecule has 162 valence electrons. The number of carbonyl (C=O) groups excluding carboxylic acids is 1. The molecule has 0 bridgehead atoms. The Labute approximate surface area is 193 Å². The lowest BCUT2D eigenvalue weighted by atomic mass is 9.70. The van der Waals surface area contributed by atoms with Gasteiger partial charge in [-0.05, 0) is 101 Å². The number of carboxylic acid groups (broad SMARTS) is 1. The maximum atomic E-state index is 13.1. The number of carbonyl (C=O) groups is 2. The van der Waals surface area contributed by atoms with E-state index in [1.54, 1.807) is 18.2 Å². The summed E-state index contributed by atoms with van der Waals surface area (Å²) in [5.41, 5.74) is 6.93. The predicted molar refractivity (Wildman–Crippen MR) is 133 cm³/mol. The van der Waals surface area contributed by atoms with Crippen LogP contribution < -0.4 is 0 Å². The van der Waals surface area contributed by atoms with Gasteiger partial charge in [-0.25, -0.2) is 4.79 Å². The average Bonchev–Trinajstić information content (AvgIpc) is 2.80. The number of hydrogen-bond acceptors (Lipinski definition) is 2. The molecule has 0 fully saturated rings. The van der Waals surface area contributed by atoms with Gasteiger partial charge in [-0.2, -0.15) is 0 Å². The van der Waals surface area contributed by atoms with E-state index < -0.39 is 11.4 Å². The number of ketones is 1. The molecule has 0 heterocycles. The van der Waals surface area contributed by atoms with E-state index in [0.717, 1.165) is 49.7 Å². The molecule has 0 unspecified atom stereocenters.